The van der Waals surface area contributed by atoms with Gasteiger partial charge in [-0.1, -0.05) is 19.3 Å². The Bertz CT molecular complexity index is 703. The Morgan fingerprint density at radius 3 is 2.50 bits per heavy atom. The van der Waals surface area contributed by atoms with Crippen LogP contribution in [0.3, 0.4) is 0 Å². The number of carbonyl (C=O) groups is 2. The predicted molar refractivity (Wildman–Crippen MR) is 92.7 cm³/mol. The molecule has 1 aliphatic carbocycles. The molecule has 3 amide bonds. The number of imide groups is 1. The van der Waals surface area contributed by atoms with Crippen LogP contribution in [0.2, 0.25) is 0 Å². The van der Waals surface area contributed by atoms with E-state index >= 15 is 0 Å². The van der Waals surface area contributed by atoms with Crippen LogP contribution in [-0.2, 0) is 4.79 Å². The van der Waals surface area contributed by atoms with Crippen molar-refractivity contribution < 1.29 is 14.3 Å². The molecule has 1 saturated carbocycles. The Hall–Kier alpha value is -2.30. The number of benzene rings is 1. The average Bonchev–Trinajstić information content (AvgIpc) is 2.85. The summed E-state index contributed by atoms with van der Waals surface area (Å²) in [6, 6.07) is 3.67. The molecule has 0 unspecified atom stereocenters. The number of ether oxygens (including phenoxy) is 1. The first-order chi connectivity index (χ1) is 11.5. The van der Waals surface area contributed by atoms with E-state index in [2.05, 4.69) is 5.32 Å². The zero-order chi connectivity index (χ0) is 17.3. The van der Waals surface area contributed by atoms with Crippen molar-refractivity contribution in [1.29, 1.82) is 0 Å². The SMILES string of the molecule is COc1cc(C)c(/C=C2\NC(=O)N(C3CCCCC3)C2=O)cc1C. The van der Waals surface area contributed by atoms with Gasteiger partial charge in [0.25, 0.3) is 5.91 Å². The molecule has 0 atom stereocenters. The summed E-state index contributed by atoms with van der Waals surface area (Å²) in [6.45, 7) is 3.93. The average molecular weight is 328 g/mol. The van der Waals surface area contributed by atoms with Gasteiger partial charge in [0.15, 0.2) is 0 Å². The molecule has 1 N–H and O–H groups in total. The van der Waals surface area contributed by atoms with E-state index in [1.807, 2.05) is 26.0 Å². The lowest BCUT2D eigenvalue weighted by molar-refractivity contribution is -0.124. The summed E-state index contributed by atoms with van der Waals surface area (Å²) in [5.74, 6) is 0.611. The van der Waals surface area contributed by atoms with Crippen molar-refractivity contribution in [2.45, 2.75) is 52.0 Å². The molecular formula is C19H24N2O3. The van der Waals surface area contributed by atoms with Gasteiger partial charge in [-0.25, -0.2) is 4.79 Å². The molecule has 0 spiro atoms. The van der Waals surface area contributed by atoms with Crippen LogP contribution in [0.5, 0.6) is 5.75 Å². The van der Waals surface area contributed by atoms with E-state index in [1.54, 1.807) is 13.2 Å². The monoisotopic (exact) mass is 328 g/mol. The lowest BCUT2D eigenvalue weighted by Crippen LogP contribution is -2.41. The van der Waals surface area contributed by atoms with Crippen LogP contribution in [-0.4, -0.2) is 30.0 Å². The van der Waals surface area contributed by atoms with Gasteiger partial charge < -0.3 is 10.1 Å². The van der Waals surface area contributed by atoms with Crippen LogP contribution in [0.1, 0.15) is 48.8 Å². The van der Waals surface area contributed by atoms with Crippen molar-refractivity contribution in [2.75, 3.05) is 7.11 Å². The summed E-state index contributed by atoms with van der Waals surface area (Å²) in [4.78, 5) is 26.4. The molecule has 0 bridgehead atoms. The van der Waals surface area contributed by atoms with Gasteiger partial charge in [-0.15, -0.1) is 0 Å². The van der Waals surface area contributed by atoms with Crippen molar-refractivity contribution in [1.82, 2.24) is 10.2 Å². The highest BCUT2D eigenvalue weighted by Gasteiger charge is 2.38. The standard InChI is InChI=1S/C19H24N2O3/c1-12-10-17(24-3)13(2)9-14(12)11-16-18(22)21(19(23)20-16)15-7-5-4-6-8-15/h9-11,15H,4-8H2,1-3H3,(H,20,23)/b16-11-. The van der Waals surface area contributed by atoms with Crippen LogP contribution in [0.4, 0.5) is 4.79 Å². The second-order valence-corrected chi connectivity index (χ2v) is 6.63. The van der Waals surface area contributed by atoms with Gasteiger partial charge in [-0.3, -0.25) is 9.69 Å². The number of amides is 3. The maximum atomic E-state index is 12.7. The van der Waals surface area contributed by atoms with Crippen LogP contribution in [0, 0.1) is 13.8 Å². The van der Waals surface area contributed by atoms with Crippen molar-refractivity contribution in [3.63, 3.8) is 0 Å². The van der Waals surface area contributed by atoms with E-state index in [0.29, 0.717) is 5.70 Å². The molecule has 2 fully saturated rings. The first-order valence-electron chi connectivity index (χ1n) is 8.52. The third kappa shape index (κ3) is 3.03. The van der Waals surface area contributed by atoms with Crippen molar-refractivity contribution >= 4 is 18.0 Å². The fourth-order valence-electron chi connectivity index (χ4n) is 3.56. The predicted octanol–water partition coefficient (Wildman–Crippen LogP) is 3.54. The van der Waals surface area contributed by atoms with Crippen molar-refractivity contribution in [3.05, 3.63) is 34.5 Å². The molecule has 1 aliphatic heterocycles. The lowest BCUT2D eigenvalue weighted by atomic mass is 9.94. The van der Waals surface area contributed by atoms with Crippen LogP contribution >= 0.6 is 0 Å². The van der Waals surface area contributed by atoms with Gasteiger partial charge in [0.05, 0.1) is 7.11 Å². The van der Waals surface area contributed by atoms with Gasteiger partial charge in [0, 0.05) is 6.04 Å². The number of aryl methyl sites for hydroxylation is 2. The van der Waals surface area contributed by atoms with Gasteiger partial charge in [0.2, 0.25) is 0 Å². The summed E-state index contributed by atoms with van der Waals surface area (Å²) >= 11 is 0. The molecule has 2 aliphatic rings. The van der Waals surface area contributed by atoms with Gasteiger partial charge in [0.1, 0.15) is 11.4 Å². The summed E-state index contributed by atoms with van der Waals surface area (Å²) in [7, 11) is 1.64. The number of hydrogen-bond acceptors (Lipinski definition) is 3. The molecule has 1 aromatic rings. The van der Waals surface area contributed by atoms with Crippen LogP contribution in [0.15, 0.2) is 17.8 Å². The molecule has 1 aromatic carbocycles. The quantitative estimate of drug-likeness (QED) is 0.682. The minimum atomic E-state index is -0.291. The van der Waals surface area contributed by atoms with E-state index in [9.17, 15) is 9.59 Å². The molecule has 1 saturated heterocycles. The number of carbonyl (C=O) groups excluding carboxylic acids is 2. The van der Waals surface area contributed by atoms with E-state index in [1.165, 1.54) is 11.3 Å². The zero-order valence-electron chi connectivity index (χ0n) is 14.5. The van der Waals surface area contributed by atoms with E-state index < -0.39 is 0 Å². The normalized spacial score (nSPS) is 20.6. The topological polar surface area (TPSA) is 58.6 Å². The van der Waals surface area contributed by atoms with E-state index in [-0.39, 0.29) is 18.0 Å². The Kier molecular flexibility index (Phi) is 4.60. The number of methoxy groups -OCH3 is 1. The van der Waals surface area contributed by atoms with Crippen LogP contribution in [0.25, 0.3) is 6.08 Å². The van der Waals surface area contributed by atoms with Crippen LogP contribution < -0.4 is 10.1 Å². The van der Waals surface area contributed by atoms with E-state index in [0.717, 1.165) is 48.1 Å². The smallest absolute Gasteiger partial charge is 0.329 e. The molecule has 5 nitrogen and oxygen atoms in total. The second kappa shape index (κ2) is 6.67. The Labute approximate surface area is 142 Å². The number of nitrogens with zero attached hydrogens (tertiary/aromatic N) is 1. The number of nitrogens with one attached hydrogen (secondary N) is 1. The highest BCUT2D eigenvalue weighted by Crippen LogP contribution is 2.28. The minimum absolute atomic E-state index is 0.0378. The van der Waals surface area contributed by atoms with Gasteiger partial charge >= 0.3 is 6.03 Å². The Balaban J connectivity index is 1.87. The maximum Gasteiger partial charge on any atom is 0.329 e. The first kappa shape index (κ1) is 16.6. The summed E-state index contributed by atoms with van der Waals surface area (Å²) in [5.41, 5.74) is 3.28. The molecule has 1 heterocycles. The highest BCUT2D eigenvalue weighted by atomic mass is 16.5. The fourth-order valence-corrected chi connectivity index (χ4v) is 3.56. The Morgan fingerprint density at radius 2 is 1.83 bits per heavy atom. The minimum Gasteiger partial charge on any atom is -0.496 e. The Morgan fingerprint density at radius 1 is 1.12 bits per heavy atom. The largest absolute Gasteiger partial charge is 0.496 e. The summed E-state index contributed by atoms with van der Waals surface area (Å²) < 4.78 is 5.32. The third-order valence-corrected chi connectivity index (χ3v) is 4.93. The molecule has 0 radical (unpaired) electrons. The zero-order valence-corrected chi connectivity index (χ0v) is 14.5. The van der Waals surface area contributed by atoms with Gasteiger partial charge in [-0.05, 0) is 61.6 Å². The second-order valence-electron chi connectivity index (χ2n) is 6.63. The first-order valence-corrected chi connectivity index (χ1v) is 8.52. The fraction of sp³-hybridized carbons (Fsp3) is 0.474. The number of rotatable bonds is 3. The lowest BCUT2D eigenvalue weighted by Gasteiger charge is -2.28. The van der Waals surface area contributed by atoms with Crippen molar-refractivity contribution in [2.24, 2.45) is 0 Å². The maximum absolute atomic E-state index is 12.7. The molecule has 128 valence electrons. The van der Waals surface area contributed by atoms with E-state index in [4.69, 9.17) is 4.74 Å². The molecule has 3 rings (SSSR count). The molecule has 0 aromatic heterocycles. The molecule has 5 heteroatoms. The molecular weight excluding hydrogens is 304 g/mol. The summed E-state index contributed by atoms with van der Waals surface area (Å²) in [5, 5.41) is 2.74. The summed E-state index contributed by atoms with van der Waals surface area (Å²) in [6.07, 6.45) is 6.94. The molecule has 24 heavy (non-hydrogen) atoms. The van der Waals surface area contributed by atoms with Crippen molar-refractivity contribution in [3.8, 4) is 5.75 Å². The number of urea groups is 1. The highest BCUT2D eigenvalue weighted by molar-refractivity contribution is 6.14. The third-order valence-electron chi connectivity index (χ3n) is 4.93. The van der Waals surface area contributed by atoms with Gasteiger partial charge in [-0.2, -0.15) is 0 Å². The number of hydrogen-bond donors (Lipinski definition) is 1.